The number of fused-ring (bicyclic) bond motifs is 1. The average molecular weight is 378 g/mol. The minimum Gasteiger partial charge on any atom is -0.358 e. The maximum atomic E-state index is 13.0. The van der Waals surface area contributed by atoms with Gasteiger partial charge < -0.3 is 9.88 Å². The SMILES string of the molecule is CCC[C@@H]1CN(C(=O)c2ccc3[nH]c(C)c(C)c3c2)C[C@H]1NS(C)(=O)=O. The molecule has 142 valence electrons. The number of sulfonamides is 1. The molecule has 2 aromatic rings. The standard InChI is InChI=1S/C19H27N3O3S/c1-5-6-15-10-22(11-18(15)21-26(4,24)25)19(23)14-7-8-17-16(9-14)12(2)13(3)20-17/h7-9,15,18,20-21H,5-6,10-11H2,1-4H3/t15-,18-/m1/s1. The number of benzene rings is 1. The molecule has 0 saturated carbocycles. The smallest absolute Gasteiger partial charge is 0.253 e. The number of nitrogens with zero attached hydrogens (tertiary/aromatic N) is 1. The molecule has 1 aromatic heterocycles. The van der Waals surface area contributed by atoms with Crippen LogP contribution in [-0.2, 0) is 10.0 Å². The monoisotopic (exact) mass is 377 g/mol. The molecule has 1 aliphatic rings. The van der Waals surface area contributed by atoms with Gasteiger partial charge in [0.25, 0.3) is 5.91 Å². The van der Waals surface area contributed by atoms with Crippen molar-refractivity contribution in [2.75, 3.05) is 19.3 Å². The van der Waals surface area contributed by atoms with Crippen LogP contribution in [0.3, 0.4) is 0 Å². The summed E-state index contributed by atoms with van der Waals surface area (Å²) < 4.78 is 26.0. The number of carbonyl (C=O) groups is 1. The fourth-order valence-electron chi connectivity index (χ4n) is 3.89. The van der Waals surface area contributed by atoms with E-state index in [1.807, 2.05) is 32.0 Å². The maximum Gasteiger partial charge on any atom is 0.253 e. The summed E-state index contributed by atoms with van der Waals surface area (Å²) in [6, 6.07) is 5.50. The van der Waals surface area contributed by atoms with E-state index >= 15 is 0 Å². The van der Waals surface area contributed by atoms with Gasteiger partial charge in [-0.25, -0.2) is 13.1 Å². The van der Waals surface area contributed by atoms with Crippen molar-refractivity contribution < 1.29 is 13.2 Å². The summed E-state index contributed by atoms with van der Waals surface area (Å²) in [5, 5.41) is 1.06. The van der Waals surface area contributed by atoms with Gasteiger partial charge in [0.1, 0.15) is 0 Å². The first-order valence-corrected chi connectivity index (χ1v) is 10.9. The molecule has 2 N–H and O–H groups in total. The molecule has 0 bridgehead atoms. The van der Waals surface area contributed by atoms with Crippen molar-refractivity contribution in [2.45, 2.75) is 39.7 Å². The number of likely N-dealkylation sites (tertiary alicyclic amines) is 1. The van der Waals surface area contributed by atoms with Gasteiger partial charge in [-0.05, 0) is 49.9 Å². The van der Waals surface area contributed by atoms with Gasteiger partial charge in [0.2, 0.25) is 10.0 Å². The Kier molecular flexibility index (Phi) is 5.12. The number of nitrogens with one attached hydrogen (secondary N) is 2. The summed E-state index contributed by atoms with van der Waals surface area (Å²) in [5.74, 6) is 0.114. The topological polar surface area (TPSA) is 82.3 Å². The van der Waals surface area contributed by atoms with E-state index in [0.717, 1.165) is 35.0 Å². The number of hydrogen-bond acceptors (Lipinski definition) is 3. The van der Waals surface area contributed by atoms with Crippen molar-refractivity contribution in [3.05, 3.63) is 35.0 Å². The highest BCUT2D eigenvalue weighted by Gasteiger charge is 2.36. The Morgan fingerprint density at radius 1 is 1.31 bits per heavy atom. The van der Waals surface area contributed by atoms with E-state index < -0.39 is 10.0 Å². The van der Waals surface area contributed by atoms with E-state index in [1.165, 1.54) is 6.26 Å². The van der Waals surface area contributed by atoms with Gasteiger partial charge in [0.05, 0.1) is 6.26 Å². The van der Waals surface area contributed by atoms with Crippen molar-refractivity contribution in [2.24, 2.45) is 5.92 Å². The average Bonchev–Trinajstić information content (AvgIpc) is 3.07. The van der Waals surface area contributed by atoms with Crippen molar-refractivity contribution in [3.63, 3.8) is 0 Å². The summed E-state index contributed by atoms with van der Waals surface area (Å²) in [4.78, 5) is 18.1. The van der Waals surface area contributed by atoms with Crippen LogP contribution in [0.25, 0.3) is 10.9 Å². The highest BCUT2D eigenvalue weighted by Crippen LogP contribution is 2.26. The molecule has 1 saturated heterocycles. The third-order valence-electron chi connectivity index (χ3n) is 5.31. The van der Waals surface area contributed by atoms with Crippen molar-refractivity contribution in [1.82, 2.24) is 14.6 Å². The van der Waals surface area contributed by atoms with Crippen LogP contribution >= 0.6 is 0 Å². The third-order valence-corrected chi connectivity index (χ3v) is 6.04. The zero-order valence-corrected chi connectivity index (χ0v) is 16.6. The van der Waals surface area contributed by atoms with E-state index in [2.05, 4.69) is 16.6 Å². The normalized spacial score (nSPS) is 20.8. The van der Waals surface area contributed by atoms with E-state index in [-0.39, 0.29) is 17.9 Å². The largest absolute Gasteiger partial charge is 0.358 e. The summed E-state index contributed by atoms with van der Waals surface area (Å²) in [7, 11) is -3.30. The number of hydrogen-bond donors (Lipinski definition) is 2. The first-order chi connectivity index (χ1) is 12.2. The summed E-state index contributed by atoms with van der Waals surface area (Å²) in [5.41, 5.74) is 3.93. The predicted octanol–water partition coefficient (Wildman–Crippen LogP) is 2.57. The molecule has 2 heterocycles. The second kappa shape index (κ2) is 7.04. The zero-order chi connectivity index (χ0) is 19.1. The minimum absolute atomic E-state index is 0.0379. The Labute approximate surface area is 155 Å². The Morgan fingerprint density at radius 2 is 2.04 bits per heavy atom. The first-order valence-electron chi connectivity index (χ1n) is 9.05. The highest BCUT2D eigenvalue weighted by molar-refractivity contribution is 7.88. The molecule has 1 aliphatic heterocycles. The summed E-state index contributed by atoms with van der Waals surface area (Å²) in [6.07, 6.45) is 3.03. The van der Waals surface area contributed by atoms with E-state index in [9.17, 15) is 13.2 Å². The molecule has 0 spiro atoms. The predicted molar refractivity (Wildman–Crippen MR) is 104 cm³/mol. The van der Waals surface area contributed by atoms with E-state index in [1.54, 1.807) is 4.90 Å². The molecular formula is C19H27N3O3S. The summed E-state index contributed by atoms with van der Waals surface area (Å²) in [6.45, 7) is 7.14. The number of amides is 1. The maximum absolute atomic E-state index is 13.0. The van der Waals surface area contributed by atoms with Gasteiger partial charge >= 0.3 is 0 Å². The fraction of sp³-hybridized carbons (Fsp3) is 0.526. The second-order valence-corrected chi connectivity index (χ2v) is 9.17. The number of rotatable bonds is 5. The third kappa shape index (κ3) is 3.78. The van der Waals surface area contributed by atoms with Crippen molar-refractivity contribution in [1.29, 1.82) is 0 Å². The molecule has 7 heteroatoms. The number of H-pyrrole nitrogens is 1. The van der Waals surface area contributed by atoms with Crippen LogP contribution in [0.2, 0.25) is 0 Å². The number of aryl methyl sites for hydroxylation is 2. The van der Waals surface area contributed by atoms with E-state index in [4.69, 9.17) is 0 Å². The Balaban J connectivity index is 1.84. The van der Waals surface area contributed by atoms with Gasteiger partial charge in [0, 0.05) is 41.3 Å². The van der Waals surface area contributed by atoms with Crippen LogP contribution in [0.4, 0.5) is 0 Å². The Morgan fingerprint density at radius 3 is 2.69 bits per heavy atom. The quantitative estimate of drug-likeness (QED) is 0.840. The molecule has 1 amide bonds. The molecule has 1 fully saturated rings. The lowest BCUT2D eigenvalue weighted by molar-refractivity contribution is 0.0785. The number of aromatic nitrogens is 1. The molecule has 26 heavy (non-hydrogen) atoms. The first kappa shape index (κ1) is 18.9. The minimum atomic E-state index is -3.30. The van der Waals surface area contributed by atoms with Crippen LogP contribution in [0.5, 0.6) is 0 Å². The zero-order valence-electron chi connectivity index (χ0n) is 15.8. The Hall–Kier alpha value is -1.86. The van der Waals surface area contributed by atoms with Gasteiger partial charge in [-0.3, -0.25) is 4.79 Å². The lowest BCUT2D eigenvalue weighted by atomic mass is 9.99. The Bertz CT molecular complexity index is 933. The fourth-order valence-corrected chi connectivity index (χ4v) is 4.70. The highest BCUT2D eigenvalue weighted by atomic mass is 32.2. The second-order valence-electron chi connectivity index (χ2n) is 7.39. The molecule has 1 aromatic carbocycles. The van der Waals surface area contributed by atoms with Crippen LogP contribution < -0.4 is 4.72 Å². The lowest BCUT2D eigenvalue weighted by Gasteiger charge is -2.17. The number of aromatic amines is 1. The summed E-state index contributed by atoms with van der Waals surface area (Å²) >= 11 is 0. The van der Waals surface area contributed by atoms with E-state index in [0.29, 0.717) is 18.7 Å². The molecular weight excluding hydrogens is 350 g/mol. The van der Waals surface area contributed by atoms with Crippen LogP contribution in [0, 0.1) is 19.8 Å². The van der Waals surface area contributed by atoms with Gasteiger partial charge in [0.15, 0.2) is 0 Å². The van der Waals surface area contributed by atoms with Gasteiger partial charge in [-0.2, -0.15) is 0 Å². The molecule has 6 nitrogen and oxygen atoms in total. The lowest BCUT2D eigenvalue weighted by Crippen LogP contribution is -2.40. The van der Waals surface area contributed by atoms with Crippen molar-refractivity contribution >= 4 is 26.8 Å². The van der Waals surface area contributed by atoms with Gasteiger partial charge in [-0.15, -0.1) is 0 Å². The molecule has 0 aliphatic carbocycles. The van der Waals surface area contributed by atoms with Crippen LogP contribution in [-0.4, -0.2) is 49.6 Å². The van der Waals surface area contributed by atoms with Crippen molar-refractivity contribution in [3.8, 4) is 0 Å². The molecule has 0 radical (unpaired) electrons. The van der Waals surface area contributed by atoms with Gasteiger partial charge in [-0.1, -0.05) is 13.3 Å². The van der Waals surface area contributed by atoms with Crippen LogP contribution in [0.1, 0.15) is 41.4 Å². The number of carbonyl (C=O) groups excluding carboxylic acids is 1. The molecule has 3 rings (SSSR count). The van der Waals surface area contributed by atoms with Crippen LogP contribution in [0.15, 0.2) is 18.2 Å². The molecule has 2 atom stereocenters. The molecule has 0 unspecified atom stereocenters.